The summed E-state index contributed by atoms with van der Waals surface area (Å²) in [4.78, 5) is 0.211. The highest BCUT2D eigenvalue weighted by molar-refractivity contribution is 7.92. The quantitative estimate of drug-likeness (QED) is 0.809. The predicted octanol–water partition coefficient (Wildman–Crippen LogP) is 1.35. The number of halogens is 1. The van der Waals surface area contributed by atoms with E-state index in [1.165, 1.54) is 12.1 Å². The molecular formula is C8H9ClN2O2S2. The lowest BCUT2D eigenvalue weighted by molar-refractivity contribution is 0.607. The van der Waals surface area contributed by atoms with Gasteiger partial charge in [0.1, 0.15) is 4.99 Å². The molecule has 0 aliphatic heterocycles. The second-order valence-electron chi connectivity index (χ2n) is 2.93. The number of hydrogen-bond acceptors (Lipinski definition) is 3. The number of anilines is 1. The average molecular weight is 265 g/mol. The molecule has 0 saturated carbocycles. The van der Waals surface area contributed by atoms with Crippen molar-refractivity contribution in [1.29, 1.82) is 0 Å². The van der Waals surface area contributed by atoms with Gasteiger partial charge in [0.15, 0.2) is 0 Å². The molecule has 0 saturated heterocycles. The van der Waals surface area contributed by atoms with Crippen LogP contribution in [0.25, 0.3) is 0 Å². The summed E-state index contributed by atoms with van der Waals surface area (Å²) in [5.74, 6) is 0. The van der Waals surface area contributed by atoms with Crippen molar-refractivity contribution in [2.75, 3.05) is 11.0 Å². The number of nitrogens with two attached hydrogens (primary N) is 1. The van der Waals surface area contributed by atoms with Gasteiger partial charge in [0.05, 0.1) is 17.0 Å². The van der Waals surface area contributed by atoms with Gasteiger partial charge in [-0.05, 0) is 18.2 Å². The second-order valence-corrected chi connectivity index (χ2v) is 5.53. The second kappa shape index (κ2) is 4.34. The minimum absolute atomic E-state index is 0.211. The van der Waals surface area contributed by atoms with E-state index in [9.17, 15) is 8.42 Å². The predicted molar refractivity (Wildman–Crippen MR) is 65.8 cm³/mol. The fourth-order valence-electron chi connectivity index (χ4n) is 0.951. The zero-order valence-electron chi connectivity index (χ0n) is 7.82. The lowest BCUT2D eigenvalue weighted by Gasteiger charge is -2.07. The molecule has 0 fully saturated rings. The lowest BCUT2D eigenvalue weighted by Crippen LogP contribution is -2.12. The first-order valence-electron chi connectivity index (χ1n) is 3.87. The van der Waals surface area contributed by atoms with E-state index >= 15 is 0 Å². The number of nitrogens with one attached hydrogen (secondary N) is 1. The molecule has 0 bridgehead atoms. The van der Waals surface area contributed by atoms with Crippen molar-refractivity contribution in [2.24, 2.45) is 5.73 Å². The van der Waals surface area contributed by atoms with Gasteiger partial charge in [0.25, 0.3) is 0 Å². The third kappa shape index (κ3) is 3.65. The van der Waals surface area contributed by atoms with E-state index in [-0.39, 0.29) is 10.0 Å². The van der Waals surface area contributed by atoms with Gasteiger partial charge in [0.2, 0.25) is 10.0 Å². The number of thiocarbonyl (C=S) groups is 1. The smallest absolute Gasteiger partial charge is 0.229 e. The van der Waals surface area contributed by atoms with Crippen molar-refractivity contribution in [2.45, 2.75) is 0 Å². The Bertz CT molecular complexity index is 499. The van der Waals surface area contributed by atoms with Gasteiger partial charge in [-0.15, -0.1) is 0 Å². The van der Waals surface area contributed by atoms with Crippen LogP contribution in [0.2, 0.25) is 5.02 Å². The van der Waals surface area contributed by atoms with Crippen LogP contribution in [0.1, 0.15) is 5.56 Å². The van der Waals surface area contributed by atoms with Gasteiger partial charge in [-0.25, -0.2) is 8.42 Å². The summed E-state index contributed by atoms with van der Waals surface area (Å²) in [6.07, 6.45) is 1.05. The standard InChI is InChI=1S/C8H9ClN2O2S2/c1-15(12,13)11-7-3-2-5(8(10)14)4-6(7)9/h2-4,11H,1H3,(H2,10,14). The molecule has 4 nitrogen and oxygen atoms in total. The number of rotatable bonds is 3. The summed E-state index contributed by atoms with van der Waals surface area (Å²) in [5.41, 5.74) is 6.29. The molecule has 0 spiro atoms. The van der Waals surface area contributed by atoms with E-state index in [0.717, 1.165) is 6.26 Å². The number of benzene rings is 1. The van der Waals surface area contributed by atoms with Crippen molar-refractivity contribution in [3.8, 4) is 0 Å². The van der Waals surface area contributed by atoms with Crippen LogP contribution >= 0.6 is 23.8 Å². The molecule has 0 radical (unpaired) electrons. The van der Waals surface area contributed by atoms with Crippen LogP contribution in [-0.4, -0.2) is 19.7 Å². The van der Waals surface area contributed by atoms with E-state index in [1.54, 1.807) is 6.07 Å². The van der Waals surface area contributed by atoms with Crippen molar-refractivity contribution in [3.05, 3.63) is 28.8 Å². The lowest BCUT2D eigenvalue weighted by atomic mass is 10.2. The molecule has 0 aliphatic carbocycles. The molecule has 7 heteroatoms. The Morgan fingerprint density at radius 1 is 1.53 bits per heavy atom. The number of sulfonamides is 1. The first-order valence-corrected chi connectivity index (χ1v) is 6.54. The Morgan fingerprint density at radius 3 is 2.53 bits per heavy atom. The van der Waals surface area contributed by atoms with Gasteiger partial charge in [-0.1, -0.05) is 23.8 Å². The fraction of sp³-hybridized carbons (Fsp3) is 0.125. The van der Waals surface area contributed by atoms with E-state index in [2.05, 4.69) is 4.72 Å². The van der Waals surface area contributed by atoms with Crippen LogP contribution in [0.4, 0.5) is 5.69 Å². The Kier molecular flexibility index (Phi) is 3.54. The Balaban J connectivity index is 3.09. The molecule has 1 aromatic carbocycles. The van der Waals surface area contributed by atoms with E-state index in [4.69, 9.17) is 29.6 Å². The summed E-state index contributed by atoms with van der Waals surface area (Å²) >= 11 is 10.6. The molecule has 1 rings (SSSR count). The summed E-state index contributed by atoms with van der Waals surface area (Å²) in [6, 6.07) is 4.62. The third-order valence-electron chi connectivity index (χ3n) is 1.55. The molecule has 3 N–H and O–H groups in total. The van der Waals surface area contributed by atoms with E-state index < -0.39 is 10.0 Å². The van der Waals surface area contributed by atoms with E-state index in [0.29, 0.717) is 11.3 Å². The molecule has 0 amide bonds. The maximum atomic E-state index is 11.0. The minimum Gasteiger partial charge on any atom is -0.389 e. The highest BCUT2D eigenvalue weighted by Crippen LogP contribution is 2.23. The third-order valence-corrected chi connectivity index (χ3v) is 2.69. The first kappa shape index (κ1) is 12.2. The summed E-state index contributed by atoms with van der Waals surface area (Å²) in [6.45, 7) is 0. The topological polar surface area (TPSA) is 72.2 Å². The van der Waals surface area contributed by atoms with Crippen LogP contribution in [0.15, 0.2) is 18.2 Å². The molecule has 1 aromatic rings. The average Bonchev–Trinajstić information content (AvgIpc) is 2.05. The molecule has 0 atom stereocenters. The van der Waals surface area contributed by atoms with Crippen LogP contribution in [0.3, 0.4) is 0 Å². The Morgan fingerprint density at radius 2 is 2.13 bits per heavy atom. The highest BCUT2D eigenvalue weighted by atomic mass is 35.5. The van der Waals surface area contributed by atoms with Crippen molar-refractivity contribution in [3.63, 3.8) is 0 Å². The molecule has 0 heterocycles. The van der Waals surface area contributed by atoms with Gasteiger partial charge < -0.3 is 5.73 Å². The van der Waals surface area contributed by atoms with Crippen molar-refractivity contribution < 1.29 is 8.42 Å². The molecule has 82 valence electrons. The van der Waals surface area contributed by atoms with Crippen LogP contribution < -0.4 is 10.5 Å². The van der Waals surface area contributed by atoms with Crippen LogP contribution in [0.5, 0.6) is 0 Å². The van der Waals surface area contributed by atoms with Crippen molar-refractivity contribution in [1.82, 2.24) is 0 Å². The summed E-state index contributed by atoms with van der Waals surface area (Å²) < 4.78 is 24.2. The van der Waals surface area contributed by atoms with E-state index in [1.807, 2.05) is 0 Å². The van der Waals surface area contributed by atoms with Gasteiger partial charge in [-0.3, -0.25) is 4.72 Å². The maximum absolute atomic E-state index is 11.0. The zero-order valence-corrected chi connectivity index (χ0v) is 10.2. The number of hydrogen-bond donors (Lipinski definition) is 2. The van der Waals surface area contributed by atoms with Crippen molar-refractivity contribution >= 4 is 44.5 Å². The van der Waals surface area contributed by atoms with Gasteiger partial charge >= 0.3 is 0 Å². The van der Waals surface area contributed by atoms with Gasteiger partial charge in [-0.2, -0.15) is 0 Å². The monoisotopic (exact) mass is 264 g/mol. The van der Waals surface area contributed by atoms with Gasteiger partial charge in [0, 0.05) is 5.56 Å². The van der Waals surface area contributed by atoms with Crippen LogP contribution in [-0.2, 0) is 10.0 Å². The molecular weight excluding hydrogens is 256 g/mol. The normalized spacial score (nSPS) is 11.1. The Hall–Kier alpha value is -0.850. The fourth-order valence-corrected chi connectivity index (χ4v) is 1.94. The highest BCUT2D eigenvalue weighted by Gasteiger charge is 2.07. The molecule has 15 heavy (non-hydrogen) atoms. The molecule has 0 aliphatic rings. The molecule has 0 aromatic heterocycles. The first-order chi connectivity index (χ1) is 6.79. The summed E-state index contributed by atoms with van der Waals surface area (Å²) in [5, 5.41) is 0.255. The Labute approximate surface area is 98.5 Å². The molecule has 0 unspecified atom stereocenters. The maximum Gasteiger partial charge on any atom is 0.229 e. The zero-order chi connectivity index (χ0) is 11.6. The SMILES string of the molecule is CS(=O)(=O)Nc1ccc(C(N)=S)cc1Cl. The summed E-state index contributed by atoms with van der Waals surface area (Å²) in [7, 11) is -3.33. The largest absolute Gasteiger partial charge is 0.389 e. The minimum atomic E-state index is -3.33. The van der Waals surface area contributed by atoms with Crippen LogP contribution in [0, 0.1) is 0 Å².